The maximum Gasteiger partial charge on any atom is 0.326 e. The summed E-state index contributed by atoms with van der Waals surface area (Å²) >= 11 is 12.7. The Hall–Kier alpha value is -2.64. The number of halogens is 2. The van der Waals surface area contributed by atoms with Crippen LogP contribution in [0.1, 0.15) is 6.42 Å². The molecule has 3 aliphatic rings. The van der Waals surface area contributed by atoms with Crippen molar-refractivity contribution in [1.29, 1.82) is 0 Å². The number of anilines is 1. The summed E-state index contributed by atoms with van der Waals surface area (Å²) in [5, 5.41) is 3.83. The molecule has 3 fully saturated rings. The first-order chi connectivity index (χ1) is 15.4. The van der Waals surface area contributed by atoms with Crippen molar-refractivity contribution in [1.82, 2.24) is 4.90 Å². The average Bonchev–Trinajstić information content (AvgIpc) is 3.39. The number of rotatable bonds is 5. The van der Waals surface area contributed by atoms with Gasteiger partial charge in [-0.25, -0.2) is 0 Å². The van der Waals surface area contributed by atoms with E-state index in [1.54, 1.807) is 6.07 Å². The predicted molar refractivity (Wildman–Crippen MR) is 118 cm³/mol. The van der Waals surface area contributed by atoms with Crippen molar-refractivity contribution in [3.8, 4) is 0 Å². The van der Waals surface area contributed by atoms with Crippen molar-refractivity contribution in [2.24, 2.45) is 23.7 Å². The normalized spacial score (nSPS) is 30.6. The van der Waals surface area contributed by atoms with Gasteiger partial charge in [-0.05, 0) is 29.7 Å². The molecule has 1 N–H and O–H groups in total. The van der Waals surface area contributed by atoms with Crippen LogP contribution in [-0.2, 0) is 23.9 Å². The second kappa shape index (κ2) is 8.05. The van der Waals surface area contributed by atoms with Gasteiger partial charge in [0, 0.05) is 11.1 Å². The highest BCUT2D eigenvalue weighted by molar-refractivity contribution is 6.31. The molecule has 1 heterocycles. The zero-order valence-corrected chi connectivity index (χ0v) is 18.4. The minimum Gasteiger partial charge on any atom is -0.454 e. The molecule has 2 bridgehead atoms. The maximum atomic E-state index is 12.8. The molecule has 3 amide bonds. The van der Waals surface area contributed by atoms with Gasteiger partial charge in [-0.15, -0.1) is 23.2 Å². The molecule has 166 valence electrons. The number of ether oxygens (including phenoxy) is 1. The van der Waals surface area contributed by atoms with E-state index < -0.39 is 48.7 Å². The fraction of sp³-hybridized carbons (Fsp3) is 0.391. The van der Waals surface area contributed by atoms with Gasteiger partial charge in [0.15, 0.2) is 6.61 Å². The summed E-state index contributed by atoms with van der Waals surface area (Å²) in [4.78, 5) is 51.1. The molecule has 9 heteroatoms. The van der Waals surface area contributed by atoms with Crippen molar-refractivity contribution in [2.45, 2.75) is 17.2 Å². The molecule has 6 atom stereocenters. The first-order valence-electron chi connectivity index (χ1n) is 10.4. The summed E-state index contributed by atoms with van der Waals surface area (Å²) in [6.45, 7) is -1.05. The first kappa shape index (κ1) is 21.2. The fourth-order valence-corrected chi connectivity index (χ4v) is 6.30. The summed E-state index contributed by atoms with van der Waals surface area (Å²) in [5.41, 5.74) is 0.601. The van der Waals surface area contributed by atoms with Crippen LogP contribution in [0.5, 0.6) is 0 Å². The molecular weight excluding hydrogens is 455 g/mol. The standard InChI is InChI=1S/C23H20Cl2N2O5/c24-20-13-8-14(21(20)25)19-18(13)22(30)27(23(19)31)9-17(29)32-10-16(28)26-15-7-3-5-11-4-1-2-6-12(11)15/h1-7,13-14,18-21H,8-10H2,(H,26,28)/t13-,14-,18-,19+,20-,21+/m1/s1. The van der Waals surface area contributed by atoms with Gasteiger partial charge in [0.2, 0.25) is 11.8 Å². The number of esters is 1. The summed E-state index contributed by atoms with van der Waals surface area (Å²) in [6.07, 6.45) is 0.655. The number of carbonyl (C=O) groups excluding carboxylic acids is 4. The van der Waals surface area contributed by atoms with Gasteiger partial charge in [0.1, 0.15) is 6.54 Å². The molecule has 32 heavy (non-hydrogen) atoms. The molecule has 7 nitrogen and oxygen atoms in total. The van der Waals surface area contributed by atoms with E-state index in [9.17, 15) is 19.2 Å². The van der Waals surface area contributed by atoms with E-state index in [-0.39, 0.29) is 22.6 Å². The van der Waals surface area contributed by atoms with E-state index in [1.807, 2.05) is 36.4 Å². The number of hydrogen-bond acceptors (Lipinski definition) is 5. The lowest BCUT2D eigenvalue weighted by Gasteiger charge is -2.28. The summed E-state index contributed by atoms with van der Waals surface area (Å²) in [5.74, 6) is -3.50. The van der Waals surface area contributed by atoms with Crippen molar-refractivity contribution >= 4 is 63.4 Å². The number of carbonyl (C=O) groups is 4. The van der Waals surface area contributed by atoms with Crippen LogP contribution < -0.4 is 5.32 Å². The highest BCUT2D eigenvalue weighted by atomic mass is 35.5. The first-order valence-corrected chi connectivity index (χ1v) is 11.3. The lowest BCUT2D eigenvalue weighted by molar-refractivity contribution is -0.154. The smallest absolute Gasteiger partial charge is 0.326 e. The van der Waals surface area contributed by atoms with Gasteiger partial charge in [-0.2, -0.15) is 0 Å². The topological polar surface area (TPSA) is 92.8 Å². The van der Waals surface area contributed by atoms with Crippen LogP contribution in [-0.4, -0.2) is 52.5 Å². The lowest BCUT2D eigenvalue weighted by Crippen LogP contribution is -2.38. The molecule has 0 unspecified atom stereocenters. The van der Waals surface area contributed by atoms with Crippen LogP contribution in [0.3, 0.4) is 0 Å². The molecule has 2 aromatic carbocycles. The fourth-order valence-electron chi connectivity index (χ4n) is 5.41. The van der Waals surface area contributed by atoms with Gasteiger partial charge in [-0.3, -0.25) is 24.1 Å². The average molecular weight is 475 g/mol. The maximum absolute atomic E-state index is 12.8. The Balaban J connectivity index is 1.18. The number of likely N-dealkylation sites (tertiary alicyclic amines) is 1. The van der Waals surface area contributed by atoms with Gasteiger partial charge < -0.3 is 10.1 Å². The third-order valence-electron chi connectivity index (χ3n) is 6.79. The van der Waals surface area contributed by atoms with E-state index in [4.69, 9.17) is 27.9 Å². The SMILES string of the molecule is O=C(COC(=O)CN1C(=O)[C@@H]2[C@H]3C[C@@H]([C@H](Cl)[C@@H]3Cl)[C@@H]2C1=O)Nc1cccc2ccccc12. The molecule has 0 radical (unpaired) electrons. The highest BCUT2D eigenvalue weighted by Gasteiger charge is 2.66. The van der Waals surface area contributed by atoms with Crippen LogP contribution in [0.2, 0.25) is 0 Å². The molecule has 5 rings (SSSR count). The van der Waals surface area contributed by atoms with Crippen LogP contribution >= 0.6 is 23.2 Å². The number of benzene rings is 2. The van der Waals surface area contributed by atoms with Crippen LogP contribution in [0, 0.1) is 23.7 Å². The number of nitrogens with zero attached hydrogens (tertiary/aromatic N) is 1. The third kappa shape index (κ3) is 3.35. The van der Waals surface area contributed by atoms with Gasteiger partial charge in [-0.1, -0.05) is 36.4 Å². The highest BCUT2D eigenvalue weighted by Crippen LogP contribution is 2.59. The van der Waals surface area contributed by atoms with Crippen molar-refractivity contribution < 1.29 is 23.9 Å². The second-order valence-electron chi connectivity index (χ2n) is 8.50. The summed E-state index contributed by atoms with van der Waals surface area (Å²) < 4.78 is 5.03. The zero-order valence-electron chi connectivity index (χ0n) is 16.9. The van der Waals surface area contributed by atoms with E-state index in [0.29, 0.717) is 12.1 Å². The quantitative estimate of drug-likeness (QED) is 0.408. The zero-order chi connectivity index (χ0) is 22.6. The van der Waals surface area contributed by atoms with E-state index >= 15 is 0 Å². The van der Waals surface area contributed by atoms with Crippen molar-refractivity contribution in [3.63, 3.8) is 0 Å². The van der Waals surface area contributed by atoms with Crippen molar-refractivity contribution in [3.05, 3.63) is 42.5 Å². The van der Waals surface area contributed by atoms with E-state index in [1.165, 1.54) is 0 Å². The van der Waals surface area contributed by atoms with E-state index in [2.05, 4.69) is 5.32 Å². The van der Waals surface area contributed by atoms with Gasteiger partial charge in [0.25, 0.3) is 5.91 Å². The minimum absolute atomic E-state index is 0.155. The Morgan fingerprint density at radius 3 is 2.28 bits per heavy atom. The number of hydrogen-bond donors (Lipinski definition) is 1. The van der Waals surface area contributed by atoms with Crippen LogP contribution in [0.4, 0.5) is 5.69 Å². The third-order valence-corrected chi connectivity index (χ3v) is 8.11. The van der Waals surface area contributed by atoms with Crippen LogP contribution in [0.25, 0.3) is 10.8 Å². The molecule has 2 aliphatic carbocycles. The number of amides is 3. The monoisotopic (exact) mass is 474 g/mol. The Morgan fingerprint density at radius 2 is 1.59 bits per heavy atom. The Bertz CT molecular complexity index is 1100. The predicted octanol–water partition coefficient (Wildman–Crippen LogP) is 2.79. The molecule has 2 saturated carbocycles. The number of imide groups is 1. The van der Waals surface area contributed by atoms with E-state index in [0.717, 1.165) is 15.7 Å². The minimum atomic E-state index is -0.822. The molecular formula is C23H20Cl2N2O5. The largest absolute Gasteiger partial charge is 0.454 e. The molecule has 0 spiro atoms. The van der Waals surface area contributed by atoms with Gasteiger partial charge >= 0.3 is 5.97 Å². The van der Waals surface area contributed by atoms with Crippen molar-refractivity contribution in [2.75, 3.05) is 18.5 Å². The lowest BCUT2D eigenvalue weighted by atomic mass is 9.80. The summed E-state index contributed by atoms with van der Waals surface area (Å²) in [6, 6.07) is 13.1. The van der Waals surface area contributed by atoms with Gasteiger partial charge in [0.05, 0.1) is 22.6 Å². The number of alkyl halides is 2. The Labute approximate surface area is 194 Å². The molecule has 2 aromatic rings. The Kier molecular flexibility index (Phi) is 5.34. The summed E-state index contributed by atoms with van der Waals surface area (Å²) in [7, 11) is 0. The molecule has 1 aliphatic heterocycles. The Morgan fingerprint density at radius 1 is 0.969 bits per heavy atom. The number of fused-ring (bicyclic) bond motifs is 6. The molecule has 0 aromatic heterocycles. The number of nitrogens with one attached hydrogen (secondary N) is 1. The second-order valence-corrected chi connectivity index (χ2v) is 9.51. The van der Waals surface area contributed by atoms with Crippen LogP contribution in [0.15, 0.2) is 42.5 Å². The molecule has 1 saturated heterocycles.